The molecule has 51 heavy (non-hydrogen) atoms. The quantitative estimate of drug-likeness (QED) is 0.185. The van der Waals surface area contributed by atoms with Gasteiger partial charge >= 0.3 is 0 Å². The van der Waals surface area contributed by atoms with Crippen LogP contribution in [0.3, 0.4) is 0 Å². The van der Waals surface area contributed by atoms with Gasteiger partial charge in [-0.15, -0.1) is 0 Å². The minimum atomic E-state index is -0.453. The summed E-state index contributed by atoms with van der Waals surface area (Å²) in [5.74, 6) is 1.46. The molecule has 0 spiro atoms. The Morgan fingerprint density at radius 1 is 0.412 bits per heavy atom. The van der Waals surface area contributed by atoms with Gasteiger partial charge in [0.1, 0.15) is 11.2 Å². The standard InChI is InChI=1S/C47H29N3O/c1-3-12-30(13-4-1)38-28-40(33-16-5-2-6-17-33)44-41(29-38)43-39(20-11-21-42(43)51-44)47-49-45(36-24-22-31-14-7-9-18-34(31)26-36)48-46(50-47)37-25-23-32-15-8-10-19-35(32)27-37/h1-29H/i2D,5D,6D,16D,17D. The predicted octanol–water partition coefficient (Wildman–Crippen LogP) is 12.4. The summed E-state index contributed by atoms with van der Waals surface area (Å²) in [5, 5.41) is 5.78. The van der Waals surface area contributed by atoms with Gasteiger partial charge in [0.25, 0.3) is 0 Å². The van der Waals surface area contributed by atoms with E-state index in [2.05, 4.69) is 48.5 Å². The maximum atomic E-state index is 8.90. The zero-order chi connectivity index (χ0) is 38.1. The monoisotopic (exact) mass is 656 g/mol. The molecule has 0 aliphatic heterocycles. The number of benzene rings is 8. The molecule has 0 amide bonds. The third kappa shape index (κ3) is 5.13. The molecule has 0 radical (unpaired) electrons. The molecule has 0 saturated heterocycles. The van der Waals surface area contributed by atoms with Crippen LogP contribution in [0, 0.1) is 0 Å². The van der Waals surface area contributed by atoms with E-state index in [1.807, 2.05) is 97.1 Å². The SMILES string of the molecule is [2H]c1c([2H])c([2H])c(-c2cc(-c3ccccc3)cc3c2oc2cccc(-c4nc(-c5ccc6ccccc6c5)nc(-c5ccc6ccccc6c5)n4)c23)c([2H])c1[2H]. The number of fused-ring (bicyclic) bond motifs is 5. The lowest BCUT2D eigenvalue weighted by Crippen LogP contribution is -2.00. The average molecular weight is 657 g/mol. The lowest BCUT2D eigenvalue weighted by atomic mass is 9.95. The molecular weight excluding hydrogens is 623 g/mol. The van der Waals surface area contributed by atoms with Gasteiger partial charge in [0, 0.05) is 33.0 Å². The summed E-state index contributed by atoms with van der Waals surface area (Å²) < 4.78 is 49.6. The van der Waals surface area contributed by atoms with E-state index in [1.165, 1.54) is 0 Å². The first-order valence-electron chi connectivity index (χ1n) is 19.2. The van der Waals surface area contributed by atoms with Gasteiger partial charge in [0.05, 0.1) is 6.85 Å². The van der Waals surface area contributed by atoms with Gasteiger partial charge in [-0.05, 0) is 68.6 Å². The Kier molecular flexibility index (Phi) is 5.66. The fourth-order valence-electron chi connectivity index (χ4n) is 6.89. The highest BCUT2D eigenvalue weighted by molar-refractivity contribution is 6.16. The van der Waals surface area contributed by atoms with Crippen LogP contribution >= 0.6 is 0 Å². The Morgan fingerprint density at radius 2 is 1.02 bits per heavy atom. The van der Waals surface area contributed by atoms with Crippen LogP contribution in [0.2, 0.25) is 0 Å². The first-order chi connectivity index (χ1) is 27.3. The second-order valence-corrected chi connectivity index (χ2v) is 12.5. The zero-order valence-corrected chi connectivity index (χ0v) is 27.1. The molecule has 4 nitrogen and oxygen atoms in total. The highest BCUT2D eigenvalue weighted by Crippen LogP contribution is 2.43. The Labute approximate surface area is 301 Å². The Hall–Kier alpha value is -6.91. The van der Waals surface area contributed by atoms with Crippen LogP contribution in [-0.4, -0.2) is 15.0 Å². The maximum Gasteiger partial charge on any atom is 0.164 e. The van der Waals surface area contributed by atoms with Crippen molar-refractivity contribution in [1.29, 1.82) is 0 Å². The van der Waals surface area contributed by atoms with E-state index >= 15 is 0 Å². The van der Waals surface area contributed by atoms with Crippen LogP contribution in [0.4, 0.5) is 0 Å². The minimum Gasteiger partial charge on any atom is -0.455 e. The number of nitrogens with zero attached hydrogens (tertiary/aromatic N) is 3. The molecule has 2 heterocycles. The molecule has 0 atom stereocenters. The molecule has 0 N–H and O–H groups in total. The minimum absolute atomic E-state index is 0.0664. The molecular formula is C47H29N3O. The fourth-order valence-corrected chi connectivity index (χ4v) is 6.89. The summed E-state index contributed by atoms with van der Waals surface area (Å²) in [6.07, 6.45) is 0. The predicted molar refractivity (Wildman–Crippen MR) is 209 cm³/mol. The van der Waals surface area contributed by atoms with Crippen LogP contribution in [0.15, 0.2) is 180 Å². The number of hydrogen-bond acceptors (Lipinski definition) is 4. The second-order valence-electron chi connectivity index (χ2n) is 12.5. The third-order valence-corrected chi connectivity index (χ3v) is 9.36. The van der Waals surface area contributed by atoms with Gasteiger partial charge in [-0.3, -0.25) is 0 Å². The smallest absolute Gasteiger partial charge is 0.164 e. The Morgan fingerprint density at radius 3 is 1.69 bits per heavy atom. The van der Waals surface area contributed by atoms with Gasteiger partial charge in [-0.1, -0.05) is 145 Å². The second kappa shape index (κ2) is 11.9. The summed E-state index contributed by atoms with van der Waals surface area (Å²) in [6.45, 7) is 0. The molecule has 4 heteroatoms. The summed E-state index contributed by atoms with van der Waals surface area (Å²) in [7, 11) is 0. The van der Waals surface area contributed by atoms with E-state index in [1.54, 1.807) is 0 Å². The van der Waals surface area contributed by atoms with Gasteiger partial charge in [0.2, 0.25) is 0 Å². The number of rotatable bonds is 5. The molecule has 0 aliphatic rings. The van der Waals surface area contributed by atoms with Crippen LogP contribution in [-0.2, 0) is 0 Å². The lowest BCUT2D eigenvalue weighted by Gasteiger charge is -2.11. The molecule has 0 aliphatic carbocycles. The van der Waals surface area contributed by atoms with Crippen molar-refractivity contribution in [3.8, 4) is 56.4 Å². The summed E-state index contributed by atoms with van der Waals surface area (Å²) in [6, 6.07) is 46.2. The Bertz CT molecular complexity index is 3090. The van der Waals surface area contributed by atoms with Crippen LogP contribution in [0.1, 0.15) is 6.85 Å². The molecule has 0 fully saturated rings. The summed E-state index contributed by atoms with van der Waals surface area (Å²) in [5.41, 5.74) is 5.46. The van der Waals surface area contributed by atoms with E-state index in [0.29, 0.717) is 45.2 Å². The molecule has 0 saturated carbocycles. The molecule has 10 aromatic rings. The molecule has 0 unspecified atom stereocenters. The zero-order valence-electron chi connectivity index (χ0n) is 32.1. The van der Waals surface area contributed by atoms with E-state index in [4.69, 9.17) is 26.2 Å². The third-order valence-electron chi connectivity index (χ3n) is 9.36. The van der Waals surface area contributed by atoms with Crippen molar-refractivity contribution >= 4 is 43.5 Å². The fraction of sp³-hybridized carbons (Fsp3) is 0. The van der Waals surface area contributed by atoms with Crippen LogP contribution in [0.5, 0.6) is 0 Å². The van der Waals surface area contributed by atoms with Crippen molar-refractivity contribution in [1.82, 2.24) is 15.0 Å². The van der Waals surface area contributed by atoms with Gasteiger partial charge in [0.15, 0.2) is 17.5 Å². The van der Waals surface area contributed by atoms with Crippen molar-refractivity contribution in [2.45, 2.75) is 0 Å². The first kappa shape index (κ1) is 24.3. The van der Waals surface area contributed by atoms with Crippen molar-refractivity contribution in [3.63, 3.8) is 0 Å². The van der Waals surface area contributed by atoms with Crippen LogP contribution < -0.4 is 0 Å². The summed E-state index contributed by atoms with van der Waals surface area (Å²) in [4.78, 5) is 15.3. The topological polar surface area (TPSA) is 51.8 Å². The van der Waals surface area contributed by atoms with Gasteiger partial charge in [-0.25, -0.2) is 15.0 Å². The largest absolute Gasteiger partial charge is 0.455 e. The highest BCUT2D eigenvalue weighted by atomic mass is 16.3. The molecule has 10 rings (SSSR count). The van der Waals surface area contributed by atoms with Crippen molar-refractivity contribution in [2.24, 2.45) is 0 Å². The van der Waals surface area contributed by atoms with E-state index < -0.39 is 18.1 Å². The van der Waals surface area contributed by atoms with Crippen molar-refractivity contribution in [3.05, 3.63) is 176 Å². The van der Waals surface area contributed by atoms with Crippen molar-refractivity contribution < 1.29 is 11.3 Å². The van der Waals surface area contributed by atoms with Crippen molar-refractivity contribution in [2.75, 3.05) is 0 Å². The highest BCUT2D eigenvalue weighted by Gasteiger charge is 2.21. The maximum absolute atomic E-state index is 8.90. The molecule has 0 bridgehead atoms. The van der Waals surface area contributed by atoms with Gasteiger partial charge < -0.3 is 4.42 Å². The van der Waals surface area contributed by atoms with E-state index in [0.717, 1.165) is 49.2 Å². The normalized spacial score (nSPS) is 12.9. The van der Waals surface area contributed by atoms with E-state index in [9.17, 15) is 0 Å². The average Bonchev–Trinajstić information content (AvgIpc) is 3.64. The molecule has 238 valence electrons. The lowest BCUT2D eigenvalue weighted by molar-refractivity contribution is 0.670. The van der Waals surface area contributed by atoms with Crippen LogP contribution in [0.25, 0.3) is 99.9 Å². The number of furan rings is 1. The van der Waals surface area contributed by atoms with E-state index in [-0.39, 0.29) is 17.6 Å². The summed E-state index contributed by atoms with van der Waals surface area (Å²) >= 11 is 0. The Balaban J connectivity index is 1.27. The number of hydrogen-bond donors (Lipinski definition) is 0. The number of aromatic nitrogens is 3. The van der Waals surface area contributed by atoms with Gasteiger partial charge in [-0.2, -0.15) is 0 Å². The molecule has 2 aromatic heterocycles. The molecule has 8 aromatic carbocycles. The first-order valence-corrected chi connectivity index (χ1v) is 16.7.